The van der Waals surface area contributed by atoms with Crippen LogP contribution < -0.4 is 0 Å². The summed E-state index contributed by atoms with van der Waals surface area (Å²) >= 11 is 0. The smallest absolute Gasteiger partial charge is 0.329 e. The fourth-order valence-corrected chi connectivity index (χ4v) is 2.76. The van der Waals surface area contributed by atoms with E-state index in [0.717, 1.165) is 5.56 Å². The summed E-state index contributed by atoms with van der Waals surface area (Å²) in [6.07, 6.45) is 1.11. The molecule has 6 heteroatoms. The Labute approximate surface area is 127 Å². The van der Waals surface area contributed by atoms with Crippen LogP contribution in [0, 0.1) is 0 Å². The summed E-state index contributed by atoms with van der Waals surface area (Å²) in [5.41, 5.74) is -0.229. The first-order chi connectivity index (χ1) is 10.5. The van der Waals surface area contributed by atoms with Gasteiger partial charge < -0.3 is 14.5 Å². The van der Waals surface area contributed by atoms with Crippen molar-refractivity contribution in [2.24, 2.45) is 0 Å². The van der Waals surface area contributed by atoms with Crippen LogP contribution in [0.25, 0.3) is 11.3 Å². The van der Waals surface area contributed by atoms with E-state index in [-0.39, 0.29) is 5.69 Å². The number of aliphatic carboxylic acids is 1. The van der Waals surface area contributed by atoms with Crippen molar-refractivity contribution in [2.75, 3.05) is 6.54 Å². The quantitative estimate of drug-likeness (QED) is 0.941. The predicted octanol–water partition coefficient (Wildman–Crippen LogP) is 2.42. The van der Waals surface area contributed by atoms with Gasteiger partial charge in [-0.2, -0.15) is 0 Å². The van der Waals surface area contributed by atoms with E-state index in [1.165, 1.54) is 4.90 Å². The first-order valence-electron chi connectivity index (χ1n) is 7.10. The highest BCUT2D eigenvalue weighted by atomic mass is 16.5. The molecule has 1 atom stereocenters. The lowest BCUT2D eigenvalue weighted by molar-refractivity contribution is -0.147. The average molecular weight is 300 g/mol. The van der Waals surface area contributed by atoms with Crippen LogP contribution in [0.3, 0.4) is 0 Å². The zero-order valence-electron chi connectivity index (χ0n) is 12.2. The molecule has 0 bridgehead atoms. The molecule has 0 saturated carbocycles. The lowest BCUT2D eigenvalue weighted by Crippen LogP contribution is -2.50. The van der Waals surface area contributed by atoms with Crippen molar-refractivity contribution in [1.82, 2.24) is 10.1 Å². The number of aromatic nitrogens is 1. The van der Waals surface area contributed by atoms with Gasteiger partial charge >= 0.3 is 5.97 Å². The molecule has 1 aliphatic heterocycles. The molecule has 1 aliphatic rings. The van der Waals surface area contributed by atoms with Crippen LogP contribution in [0.4, 0.5) is 0 Å². The minimum absolute atomic E-state index is 0.133. The molecule has 0 radical (unpaired) electrons. The third-order valence-electron chi connectivity index (χ3n) is 4.13. The summed E-state index contributed by atoms with van der Waals surface area (Å²) in [5, 5.41) is 13.2. The molecule has 1 N–H and O–H groups in total. The molecule has 22 heavy (non-hydrogen) atoms. The Balaban J connectivity index is 1.88. The van der Waals surface area contributed by atoms with E-state index in [1.807, 2.05) is 30.3 Å². The van der Waals surface area contributed by atoms with Gasteiger partial charge in [0.25, 0.3) is 5.91 Å². The second-order valence-electron chi connectivity index (χ2n) is 5.58. The van der Waals surface area contributed by atoms with Gasteiger partial charge in [-0.05, 0) is 19.8 Å². The first-order valence-corrected chi connectivity index (χ1v) is 7.10. The number of amides is 1. The highest BCUT2D eigenvalue weighted by molar-refractivity contribution is 5.97. The van der Waals surface area contributed by atoms with Gasteiger partial charge in [0.05, 0.1) is 0 Å². The van der Waals surface area contributed by atoms with Crippen molar-refractivity contribution in [3.05, 3.63) is 42.1 Å². The number of hydrogen-bond donors (Lipinski definition) is 1. The Kier molecular flexibility index (Phi) is 3.44. The SMILES string of the molecule is CC1(C(=O)O)CCCN1C(=O)c1cc(-c2ccccc2)on1. The highest BCUT2D eigenvalue weighted by Gasteiger charge is 2.46. The minimum Gasteiger partial charge on any atom is -0.480 e. The molecular formula is C16H16N2O4. The van der Waals surface area contributed by atoms with E-state index in [4.69, 9.17) is 4.52 Å². The van der Waals surface area contributed by atoms with Crippen molar-refractivity contribution in [1.29, 1.82) is 0 Å². The maximum absolute atomic E-state index is 12.6. The van der Waals surface area contributed by atoms with E-state index in [9.17, 15) is 14.7 Å². The van der Waals surface area contributed by atoms with Crippen LogP contribution in [0.5, 0.6) is 0 Å². The van der Waals surface area contributed by atoms with Crippen LogP contribution in [0.15, 0.2) is 40.9 Å². The molecule has 1 amide bonds. The molecule has 6 nitrogen and oxygen atoms in total. The van der Waals surface area contributed by atoms with Crippen LogP contribution in [-0.4, -0.2) is 39.1 Å². The van der Waals surface area contributed by atoms with Gasteiger partial charge in [0, 0.05) is 18.2 Å². The van der Waals surface area contributed by atoms with Gasteiger partial charge in [-0.25, -0.2) is 4.79 Å². The molecule has 1 aromatic heterocycles. The maximum atomic E-state index is 12.6. The Hall–Kier alpha value is -2.63. The first kappa shape index (κ1) is 14.3. The number of carboxylic acid groups (broad SMARTS) is 1. The van der Waals surface area contributed by atoms with Crippen LogP contribution in [0.2, 0.25) is 0 Å². The number of benzene rings is 1. The van der Waals surface area contributed by atoms with Gasteiger partial charge in [-0.1, -0.05) is 35.5 Å². The van der Waals surface area contributed by atoms with Crippen LogP contribution in [0.1, 0.15) is 30.3 Å². The summed E-state index contributed by atoms with van der Waals surface area (Å²) in [6, 6.07) is 10.9. The largest absolute Gasteiger partial charge is 0.480 e. The summed E-state index contributed by atoms with van der Waals surface area (Å²) < 4.78 is 5.22. The molecule has 0 aliphatic carbocycles. The summed E-state index contributed by atoms with van der Waals surface area (Å²) in [4.78, 5) is 25.4. The lowest BCUT2D eigenvalue weighted by atomic mass is 9.99. The van der Waals surface area contributed by atoms with Gasteiger partial charge in [-0.3, -0.25) is 4.79 Å². The molecule has 2 heterocycles. The van der Waals surface area contributed by atoms with Crippen molar-refractivity contribution < 1.29 is 19.2 Å². The minimum atomic E-state index is -1.18. The third kappa shape index (κ3) is 2.26. The number of nitrogens with zero attached hydrogens (tertiary/aromatic N) is 2. The van der Waals surface area contributed by atoms with Crippen molar-refractivity contribution in [2.45, 2.75) is 25.3 Å². The summed E-state index contributed by atoms with van der Waals surface area (Å²) in [7, 11) is 0. The van der Waals surface area contributed by atoms with E-state index in [1.54, 1.807) is 13.0 Å². The molecule has 1 unspecified atom stereocenters. The molecule has 1 saturated heterocycles. The zero-order chi connectivity index (χ0) is 15.7. The maximum Gasteiger partial charge on any atom is 0.329 e. The Morgan fingerprint density at radius 1 is 1.32 bits per heavy atom. The number of hydrogen-bond acceptors (Lipinski definition) is 4. The topological polar surface area (TPSA) is 83.6 Å². The molecule has 2 aromatic rings. The lowest BCUT2D eigenvalue weighted by Gasteiger charge is -2.30. The van der Waals surface area contributed by atoms with Gasteiger partial charge in [0.1, 0.15) is 5.54 Å². The number of carbonyl (C=O) groups is 2. The second-order valence-corrected chi connectivity index (χ2v) is 5.58. The van der Waals surface area contributed by atoms with E-state index in [2.05, 4.69) is 5.16 Å². The molecular weight excluding hydrogens is 284 g/mol. The summed E-state index contributed by atoms with van der Waals surface area (Å²) in [6.45, 7) is 1.98. The van der Waals surface area contributed by atoms with Gasteiger partial charge in [-0.15, -0.1) is 0 Å². The van der Waals surface area contributed by atoms with E-state index < -0.39 is 17.4 Å². The highest BCUT2D eigenvalue weighted by Crippen LogP contribution is 2.31. The van der Waals surface area contributed by atoms with Crippen molar-refractivity contribution in [3.63, 3.8) is 0 Å². The predicted molar refractivity (Wildman–Crippen MR) is 78.3 cm³/mol. The summed E-state index contributed by atoms with van der Waals surface area (Å²) in [5.74, 6) is -0.918. The third-order valence-corrected chi connectivity index (χ3v) is 4.13. The Morgan fingerprint density at radius 2 is 2.05 bits per heavy atom. The molecule has 1 aromatic carbocycles. The average Bonchev–Trinajstić information content (AvgIpc) is 3.15. The Bertz CT molecular complexity index is 710. The van der Waals surface area contributed by atoms with E-state index >= 15 is 0 Å². The standard InChI is InChI=1S/C16H16N2O4/c1-16(15(20)21)8-5-9-18(16)14(19)12-10-13(22-17-12)11-6-3-2-4-7-11/h2-4,6-7,10H,5,8-9H2,1H3,(H,20,21). The Morgan fingerprint density at radius 3 is 2.73 bits per heavy atom. The number of rotatable bonds is 3. The van der Waals surface area contributed by atoms with Crippen molar-refractivity contribution >= 4 is 11.9 Å². The molecule has 1 fully saturated rings. The number of likely N-dealkylation sites (tertiary alicyclic amines) is 1. The number of carbonyl (C=O) groups excluding carboxylic acids is 1. The normalized spacial score (nSPS) is 21.0. The fourth-order valence-electron chi connectivity index (χ4n) is 2.76. The number of carboxylic acids is 1. The fraction of sp³-hybridized carbons (Fsp3) is 0.312. The second kappa shape index (κ2) is 5.29. The zero-order valence-corrected chi connectivity index (χ0v) is 12.2. The van der Waals surface area contributed by atoms with E-state index in [0.29, 0.717) is 25.1 Å². The van der Waals surface area contributed by atoms with Crippen LogP contribution in [-0.2, 0) is 4.79 Å². The van der Waals surface area contributed by atoms with Crippen LogP contribution >= 0.6 is 0 Å². The van der Waals surface area contributed by atoms with Gasteiger partial charge in [0.2, 0.25) is 0 Å². The van der Waals surface area contributed by atoms with Crippen molar-refractivity contribution in [3.8, 4) is 11.3 Å². The van der Waals surface area contributed by atoms with Gasteiger partial charge in [0.15, 0.2) is 11.5 Å². The molecule has 0 spiro atoms. The molecule has 114 valence electrons. The monoisotopic (exact) mass is 300 g/mol. The molecule has 3 rings (SSSR count).